The first-order valence-corrected chi connectivity index (χ1v) is 9.87. The van der Waals surface area contributed by atoms with Gasteiger partial charge in [0.05, 0.1) is 17.4 Å². The van der Waals surface area contributed by atoms with Crippen LogP contribution in [0, 0.1) is 11.5 Å². The Morgan fingerprint density at radius 3 is 2.56 bits per heavy atom. The molecule has 0 atom stereocenters. The van der Waals surface area contributed by atoms with Crippen molar-refractivity contribution in [3.05, 3.63) is 83.1 Å². The maximum atomic E-state index is 12.4. The minimum Gasteiger partial charge on any atom is -0.318 e. The highest BCUT2D eigenvalue weighted by Crippen LogP contribution is 2.30. The van der Waals surface area contributed by atoms with E-state index in [0.717, 1.165) is 28.9 Å². The molecule has 0 aliphatic rings. The van der Waals surface area contributed by atoms with Crippen molar-refractivity contribution >= 4 is 5.91 Å². The van der Waals surface area contributed by atoms with Crippen LogP contribution >= 0.6 is 0 Å². The monoisotopic (exact) mass is 425 g/mol. The second-order valence-corrected chi connectivity index (χ2v) is 7.05. The maximum Gasteiger partial charge on any atom is 0.266 e. The van der Waals surface area contributed by atoms with Gasteiger partial charge in [0.15, 0.2) is 6.19 Å². The molecule has 0 radical (unpaired) electrons. The molecule has 4 aromatic rings. The van der Waals surface area contributed by atoms with Crippen molar-refractivity contribution < 1.29 is 4.79 Å². The smallest absolute Gasteiger partial charge is 0.266 e. The molecule has 3 heterocycles. The number of nitriles is 1. The zero-order valence-electron chi connectivity index (χ0n) is 17.5. The summed E-state index contributed by atoms with van der Waals surface area (Å²) in [5.74, 6) is 0.204. The SMILES string of the molecule is CCc1ncc(-c2cc(=O)n(C)cc2-c2cnn(-c3ccccc3C(=O)NC#N)c2)cn1. The van der Waals surface area contributed by atoms with Crippen molar-refractivity contribution in [3.63, 3.8) is 0 Å². The van der Waals surface area contributed by atoms with Crippen LogP contribution in [0.2, 0.25) is 0 Å². The Morgan fingerprint density at radius 2 is 1.84 bits per heavy atom. The van der Waals surface area contributed by atoms with E-state index in [-0.39, 0.29) is 5.56 Å². The molecule has 0 spiro atoms. The molecular formula is C23H19N7O2. The Kier molecular flexibility index (Phi) is 5.59. The van der Waals surface area contributed by atoms with Crippen LogP contribution in [-0.4, -0.2) is 30.2 Å². The molecule has 32 heavy (non-hydrogen) atoms. The summed E-state index contributed by atoms with van der Waals surface area (Å²) in [6, 6.07) is 8.40. The number of amides is 1. The molecule has 1 aromatic carbocycles. The predicted octanol–water partition coefficient (Wildman–Crippen LogP) is 2.47. The lowest BCUT2D eigenvalue weighted by Crippen LogP contribution is -2.19. The largest absolute Gasteiger partial charge is 0.318 e. The number of aryl methyl sites for hydroxylation is 2. The highest BCUT2D eigenvalue weighted by atomic mass is 16.1. The summed E-state index contributed by atoms with van der Waals surface area (Å²) >= 11 is 0. The van der Waals surface area contributed by atoms with Crippen LogP contribution in [0.1, 0.15) is 23.1 Å². The molecule has 158 valence electrons. The van der Waals surface area contributed by atoms with Crippen molar-refractivity contribution in [2.75, 3.05) is 0 Å². The number of pyridine rings is 1. The van der Waals surface area contributed by atoms with Gasteiger partial charge in [-0.3, -0.25) is 14.9 Å². The van der Waals surface area contributed by atoms with Gasteiger partial charge in [0.1, 0.15) is 5.82 Å². The van der Waals surface area contributed by atoms with E-state index in [0.29, 0.717) is 16.8 Å². The number of aromatic nitrogens is 5. The van der Waals surface area contributed by atoms with E-state index in [4.69, 9.17) is 5.26 Å². The lowest BCUT2D eigenvalue weighted by atomic mass is 10.0. The van der Waals surface area contributed by atoms with Gasteiger partial charge in [-0.1, -0.05) is 19.1 Å². The van der Waals surface area contributed by atoms with Crippen LogP contribution in [0.25, 0.3) is 27.9 Å². The fourth-order valence-corrected chi connectivity index (χ4v) is 3.35. The fraction of sp³-hybridized carbons (Fsp3) is 0.130. The van der Waals surface area contributed by atoms with Gasteiger partial charge in [0.25, 0.3) is 11.5 Å². The quantitative estimate of drug-likeness (QED) is 0.388. The highest BCUT2D eigenvalue weighted by molar-refractivity contribution is 5.98. The van der Waals surface area contributed by atoms with E-state index in [2.05, 4.69) is 20.4 Å². The third-order valence-corrected chi connectivity index (χ3v) is 5.02. The van der Waals surface area contributed by atoms with Crippen molar-refractivity contribution in [2.24, 2.45) is 7.05 Å². The summed E-state index contributed by atoms with van der Waals surface area (Å²) in [6.45, 7) is 1.97. The predicted molar refractivity (Wildman–Crippen MR) is 118 cm³/mol. The van der Waals surface area contributed by atoms with Gasteiger partial charge in [-0.05, 0) is 17.7 Å². The first kappa shape index (κ1) is 20.7. The molecular weight excluding hydrogens is 406 g/mol. The zero-order chi connectivity index (χ0) is 22.7. The van der Waals surface area contributed by atoms with Gasteiger partial charge in [0, 0.05) is 61.0 Å². The maximum absolute atomic E-state index is 12.4. The van der Waals surface area contributed by atoms with Crippen LogP contribution in [0.4, 0.5) is 0 Å². The Hall–Kier alpha value is -4.58. The lowest BCUT2D eigenvalue weighted by Gasteiger charge is -2.10. The Balaban J connectivity index is 1.82. The number of nitrogens with zero attached hydrogens (tertiary/aromatic N) is 6. The third-order valence-electron chi connectivity index (χ3n) is 5.02. The van der Waals surface area contributed by atoms with Gasteiger partial charge < -0.3 is 4.57 Å². The van der Waals surface area contributed by atoms with Crippen molar-refractivity contribution in [2.45, 2.75) is 13.3 Å². The number of nitrogens with one attached hydrogen (secondary N) is 1. The van der Waals surface area contributed by atoms with Gasteiger partial charge in [-0.15, -0.1) is 0 Å². The minimum absolute atomic E-state index is 0.158. The average Bonchev–Trinajstić information content (AvgIpc) is 3.31. The Bertz CT molecular complexity index is 1400. The molecule has 0 saturated carbocycles. The molecule has 1 amide bonds. The normalized spacial score (nSPS) is 10.5. The second kappa shape index (κ2) is 8.65. The molecule has 0 saturated heterocycles. The van der Waals surface area contributed by atoms with E-state index in [9.17, 15) is 9.59 Å². The topological polar surface area (TPSA) is 118 Å². The summed E-state index contributed by atoms with van der Waals surface area (Å²) in [5.41, 5.74) is 3.59. The lowest BCUT2D eigenvalue weighted by molar-refractivity contribution is 0.0972. The molecule has 9 nitrogen and oxygen atoms in total. The van der Waals surface area contributed by atoms with Gasteiger partial charge in [-0.2, -0.15) is 10.4 Å². The number of hydrogen-bond acceptors (Lipinski definition) is 6. The number of rotatable bonds is 5. The van der Waals surface area contributed by atoms with Crippen LogP contribution < -0.4 is 10.9 Å². The van der Waals surface area contributed by atoms with Crippen LogP contribution in [0.5, 0.6) is 0 Å². The Labute approximate surface area is 183 Å². The van der Waals surface area contributed by atoms with E-state index in [1.165, 1.54) is 4.57 Å². The van der Waals surface area contributed by atoms with Crippen molar-refractivity contribution in [3.8, 4) is 34.1 Å². The minimum atomic E-state index is -0.517. The summed E-state index contributed by atoms with van der Waals surface area (Å²) in [4.78, 5) is 33.3. The third kappa shape index (κ3) is 3.89. The van der Waals surface area contributed by atoms with E-state index < -0.39 is 5.91 Å². The van der Waals surface area contributed by atoms with Gasteiger partial charge in [0.2, 0.25) is 0 Å². The first-order chi connectivity index (χ1) is 15.5. The highest BCUT2D eigenvalue weighted by Gasteiger charge is 2.16. The summed E-state index contributed by atoms with van der Waals surface area (Å²) in [7, 11) is 1.68. The number of para-hydroxylation sites is 1. The van der Waals surface area contributed by atoms with Crippen LogP contribution in [0.15, 0.2) is 66.1 Å². The van der Waals surface area contributed by atoms with Crippen molar-refractivity contribution in [1.82, 2.24) is 29.6 Å². The fourth-order valence-electron chi connectivity index (χ4n) is 3.35. The number of benzene rings is 1. The summed E-state index contributed by atoms with van der Waals surface area (Å²) < 4.78 is 3.05. The average molecular weight is 425 g/mol. The molecule has 0 aliphatic heterocycles. The van der Waals surface area contributed by atoms with E-state index in [1.54, 1.807) is 79.2 Å². The molecule has 4 rings (SSSR count). The van der Waals surface area contributed by atoms with E-state index >= 15 is 0 Å². The summed E-state index contributed by atoms with van der Waals surface area (Å²) in [6.07, 6.45) is 10.9. The summed E-state index contributed by atoms with van der Waals surface area (Å²) in [5, 5.41) is 15.3. The molecule has 0 bridgehead atoms. The van der Waals surface area contributed by atoms with Gasteiger partial charge in [-0.25, -0.2) is 14.6 Å². The molecule has 0 fully saturated rings. The van der Waals surface area contributed by atoms with E-state index in [1.807, 2.05) is 6.92 Å². The standard InChI is InChI=1S/C23H19N7O2/c1-3-21-25-9-15(10-26-21)18-8-22(31)29(2)13-19(18)16-11-28-30(12-16)20-7-5-4-6-17(20)23(32)27-14-24/h4-13H,3H2,1-2H3,(H,27,32). The van der Waals surface area contributed by atoms with Gasteiger partial charge >= 0.3 is 0 Å². The van der Waals surface area contributed by atoms with Crippen molar-refractivity contribution in [1.29, 1.82) is 5.26 Å². The number of carbonyl (C=O) groups excluding carboxylic acids is 1. The number of hydrogen-bond donors (Lipinski definition) is 1. The number of carbonyl (C=O) groups is 1. The molecule has 0 aliphatic carbocycles. The molecule has 9 heteroatoms. The Morgan fingerprint density at radius 1 is 1.09 bits per heavy atom. The first-order valence-electron chi connectivity index (χ1n) is 9.87. The molecule has 1 N–H and O–H groups in total. The van der Waals surface area contributed by atoms with Crippen LogP contribution in [-0.2, 0) is 13.5 Å². The second-order valence-electron chi connectivity index (χ2n) is 7.05. The molecule has 3 aromatic heterocycles. The zero-order valence-corrected chi connectivity index (χ0v) is 17.5. The molecule has 0 unspecified atom stereocenters. The van der Waals surface area contributed by atoms with Crippen LogP contribution in [0.3, 0.4) is 0 Å².